The third kappa shape index (κ3) is 10.9. The number of aliphatic carboxylic acids is 2. The molecule has 3 heterocycles. The molecule has 0 aromatic carbocycles. The maximum absolute atomic E-state index is 12.5. The van der Waals surface area contributed by atoms with E-state index in [-0.39, 0.29) is 17.9 Å². The molecule has 0 spiro atoms. The molecule has 1 aliphatic heterocycles. The highest BCUT2D eigenvalue weighted by Crippen LogP contribution is 2.25. The molecule has 0 aliphatic carbocycles. The van der Waals surface area contributed by atoms with Gasteiger partial charge in [0.2, 0.25) is 11.8 Å². The number of carboxylic acid groups (broad SMARTS) is 2. The van der Waals surface area contributed by atoms with Crippen LogP contribution in [0.4, 0.5) is 32.2 Å². The van der Waals surface area contributed by atoms with Gasteiger partial charge < -0.3 is 25.6 Å². The number of fused-ring (bicyclic) bond motifs is 1. The second kappa shape index (κ2) is 14.5. The average Bonchev–Trinajstić information content (AvgIpc) is 3.16. The number of alkyl halides is 6. The van der Waals surface area contributed by atoms with Crippen LogP contribution in [0.25, 0.3) is 11.0 Å². The van der Waals surface area contributed by atoms with Crippen LogP contribution in [0, 0.1) is 5.92 Å². The van der Waals surface area contributed by atoms with Crippen molar-refractivity contribution in [3.63, 3.8) is 0 Å². The molecule has 39 heavy (non-hydrogen) atoms. The summed E-state index contributed by atoms with van der Waals surface area (Å²) in [5.74, 6) is -4.34. The average molecular weight is 573 g/mol. The minimum atomic E-state index is -5.08. The van der Waals surface area contributed by atoms with E-state index in [2.05, 4.69) is 34.6 Å². The first-order valence-electron chi connectivity index (χ1n) is 11.6. The van der Waals surface area contributed by atoms with Gasteiger partial charge in [0.15, 0.2) is 11.5 Å². The van der Waals surface area contributed by atoms with Crippen molar-refractivity contribution < 1.29 is 55.7 Å². The zero-order valence-corrected chi connectivity index (χ0v) is 21.2. The second-order valence-corrected chi connectivity index (χ2v) is 8.19. The van der Waals surface area contributed by atoms with Gasteiger partial charge in [-0.1, -0.05) is 13.8 Å². The van der Waals surface area contributed by atoms with E-state index in [1.165, 1.54) is 0 Å². The molecule has 1 unspecified atom stereocenters. The van der Waals surface area contributed by atoms with Crippen LogP contribution >= 0.6 is 0 Å². The molecule has 1 saturated heterocycles. The van der Waals surface area contributed by atoms with Crippen LogP contribution in [0.15, 0.2) is 12.1 Å². The Labute approximate surface area is 218 Å². The summed E-state index contributed by atoms with van der Waals surface area (Å²) >= 11 is 0. The van der Waals surface area contributed by atoms with E-state index >= 15 is 0 Å². The molecule has 2 aromatic heterocycles. The molecular weight excluding hydrogens is 544 g/mol. The third-order valence-corrected chi connectivity index (χ3v) is 5.25. The number of rotatable bonds is 6. The Morgan fingerprint density at radius 1 is 1.10 bits per heavy atom. The molecule has 1 aliphatic rings. The van der Waals surface area contributed by atoms with Crippen LogP contribution in [0.2, 0.25) is 0 Å². The molecule has 17 heteroatoms. The number of nitrogens with one attached hydrogen (secondary N) is 2. The van der Waals surface area contributed by atoms with Gasteiger partial charge in [-0.3, -0.25) is 4.79 Å². The number of pyridine rings is 1. The van der Waals surface area contributed by atoms with E-state index in [9.17, 15) is 31.1 Å². The summed E-state index contributed by atoms with van der Waals surface area (Å²) in [5, 5.41) is 25.7. The van der Waals surface area contributed by atoms with Crippen LogP contribution in [0.1, 0.15) is 39.5 Å². The van der Waals surface area contributed by atoms with Gasteiger partial charge in [-0.05, 0) is 38.3 Å². The number of carboxylic acids is 2. The topological polar surface area (TPSA) is 156 Å². The standard InChI is InChI=1S/C18H27N5O2.2C2HF3O2/c1-4-13(5-2)25-15-9-8-14-16(22-23(3)17(14)20-15)21-18(24)12-7-6-10-19-11-12;2*3-2(4,5)1(6)7/h8-9,12-13,19H,4-7,10-11H2,1-3H3,(H,21,22,24);2*(H,6,7). The molecule has 1 atom stereocenters. The first kappa shape index (κ1) is 33.4. The number of piperidine rings is 1. The number of ether oxygens (including phenoxy) is 1. The van der Waals surface area contributed by atoms with E-state index in [1.54, 1.807) is 4.68 Å². The highest BCUT2D eigenvalue weighted by atomic mass is 19.4. The fourth-order valence-electron chi connectivity index (χ4n) is 3.19. The smallest absolute Gasteiger partial charge is 0.475 e. The largest absolute Gasteiger partial charge is 0.490 e. The summed E-state index contributed by atoms with van der Waals surface area (Å²) in [7, 11) is 1.83. The van der Waals surface area contributed by atoms with Gasteiger partial charge in [0.05, 0.1) is 17.4 Å². The molecule has 0 bridgehead atoms. The highest BCUT2D eigenvalue weighted by molar-refractivity contribution is 6.00. The lowest BCUT2D eigenvalue weighted by molar-refractivity contribution is -0.193. The van der Waals surface area contributed by atoms with Gasteiger partial charge >= 0.3 is 24.3 Å². The first-order chi connectivity index (χ1) is 18.0. The van der Waals surface area contributed by atoms with Crippen molar-refractivity contribution in [1.29, 1.82) is 0 Å². The summed E-state index contributed by atoms with van der Waals surface area (Å²) in [6.45, 7) is 5.91. The molecule has 4 N–H and O–H groups in total. The number of nitrogens with zero attached hydrogens (tertiary/aromatic N) is 3. The summed E-state index contributed by atoms with van der Waals surface area (Å²) in [6.07, 6.45) is -6.18. The van der Waals surface area contributed by atoms with E-state index in [0.29, 0.717) is 17.3 Å². The summed E-state index contributed by atoms with van der Waals surface area (Å²) in [6, 6.07) is 3.77. The van der Waals surface area contributed by atoms with Crippen molar-refractivity contribution in [3.05, 3.63) is 12.1 Å². The quantitative estimate of drug-likeness (QED) is 0.378. The van der Waals surface area contributed by atoms with Gasteiger partial charge in [-0.15, -0.1) is 0 Å². The fraction of sp³-hybridized carbons (Fsp3) is 0.591. The molecule has 3 rings (SSSR count). The van der Waals surface area contributed by atoms with E-state index in [1.807, 2.05) is 19.2 Å². The Bertz CT molecular complexity index is 1090. The minimum Gasteiger partial charge on any atom is -0.475 e. The van der Waals surface area contributed by atoms with Crippen LogP contribution in [-0.4, -0.2) is 74.4 Å². The Morgan fingerprint density at radius 2 is 1.64 bits per heavy atom. The Kier molecular flexibility index (Phi) is 12.4. The van der Waals surface area contributed by atoms with E-state index < -0.39 is 24.3 Å². The summed E-state index contributed by atoms with van der Waals surface area (Å²) in [5.41, 5.74) is 0.709. The maximum atomic E-state index is 12.5. The zero-order chi connectivity index (χ0) is 30.0. The van der Waals surface area contributed by atoms with Crippen LogP contribution < -0.4 is 15.4 Å². The van der Waals surface area contributed by atoms with E-state index in [4.69, 9.17) is 24.5 Å². The maximum Gasteiger partial charge on any atom is 0.490 e. The predicted octanol–water partition coefficient (Wildman–Crippen LogP) is 3.74. The van der Waals surface area contributed by atoms with Gasteiger partial charge in [0.25, 0.3) is 0 Å². The van der Waals surface area contributed by atoms with Gasteiger partial charge in [0, 0.05) is 19.7 Å². The number of carbonyl (C=O) groups excluding carboxylic acids is 1. The number of hydrogen-bond donors (Lipinski definition) is 4. The van der Waals surface area contributed by atoms with Crippen LogP contribution in [0.3, 0.4) is 0 Å². The lowest BCUT2D eigenvalue weighted by atomic mass is 9.99. The SMILES string of the molecule is CCC(CC)Oc1ccc2c(NC(=O)C3CCCNC3)nn(C)c2n1.O=C(O)C(F)(F)F.O=C(O)C(F)(F)F. The third-order valence-electron chi connectivity index (χ3n) is 5.25. The second-order valence-electron chi connectivity index (χ2n) is 8.19. The van der Waals surface area contributed by atoms with Gasteiger partial charge in [-0.2, -0.15) is 36.4 Å². The fourth-order valence-corrected chi connectivity index (χ4v) is 3.19. The molecule has 11 nitrogen and oxygen atoms in total. The number of aromatic nitrogens is 3. The molecule has 220 valence electrons. The molecular formula is C22H29F6N5O6. The molecule has 0 radical (unpaired) electrons. The molecule has 1 fully saturated rings. The lowest BCUT2D eigenvalue weighted by Gasteiger charge is -2.21. The van der Waals surface area contributed by atoms with Gasteiger partial charge in [0.1, 0.15) is 0 Å². The van der Waals surface area contributed by atoms with Crippen molar-refractivity contribution in [2.45, 2.75) is 58.0 Å². The lowest BCUT2D eigenvalue weighted by Crippen LogP contribution is -2.37. The molecule has 2 aromatic rings. The number of carbonyl (C=O) groups is 3. The number of amides is 1. The number of anilines is 1. The Morgan fingerprint density at radius 3 is 2.08 bits per heavy atom. The van der Waals surface area contributed by atoms with Crippen LogP contribution in [-0.2, 0) is 21.4 Å². The van der Waals surface area contributed by atoms with Crippen molar-refractivity contribution in [1.82, 2.24) is 20.1 Å². The number of hydrogen-bond acceptors (Lipinski definition) is 7. The van der Waals surface area contributed by atoms with Crippen molar-refractivity contribution in [3.8, 4) is 5.88 Å². The summed E-state index contributed by atoms with van der Waals surface area (Å²) < 4.78 is 71.1. The predicted molar refractivity (Wildman–Crippen MR) is 125 cm³/mol. The normalized spacial score (nSPS) is 15.5. The number of aryl methyl sites for hydroxylation is 1. The Hall–Kier alpha value is -3.63. The summed E-state index contributed by atoms with van der Waals surface area (Å²) in [4.78, 5) is 34.8. The first-order valence-corrected chi connectivity index (χ1v) is 11.6. The monoisotopic (exact) mass is 573 g/mol. The highest BCUT2D eigenvalue weighted by Gasteiger charge is 2.38. The van der Waals surface area contributed by atoms with Crippen molar-refractivity contribution in [2.75, 3.05) is 18.4 Å². The van der Waals surface area contributed by atoms with Crippen molar-refractivity contribution in [2.24, 2.45) is 13.0 Å². The number of halogens is 6. The van der Waals surface area contributed by atoms with Crippen molar-refractivity contribution >= 4 is 34.7 Å². The Balaban J connectivity index is 0.000000449. The molecule has 1 amide bonds. The van der Waals surface area contributed by atoms with Crippen LogP contribution in [0.5, 0.6) is 5.88 Å². The zero-order valence-electron chi connectivity index (χ0n) is 21.2. The molecule has 0 saturated carbocycles. The van der Waals surface area contributed by atoms with Gasteiger partial charge in [-0.25, -0.2) is 14.3 Å². The van der Waals surface area contributed by atoms with E-state index in [0.717, 1.165) is 44.2 Å². The minimum absolute atomic E-state index is 0.00348.